The summed E-state index contributed by atoms with van der Waals surface area (Å²) in [5, 5.41) is 39.2. The highest BCUT2D eigenvalue weighted by Gasteiger charge is 2.74. The Labute approximate surface area is 68.1 Å². The Balaban J connectivity index is 5.18. The molecule has 0 bridgehead atoms. The molecule has 0 fully saturated rings. The van der Waals surface area contributed by atoms with Crippen LogP contribution in [0.15, 0.2) is 0 Å². The van der Waals surface area contributed by atoms with Crippen molar-refractivity contribution in [2.45, 2.75) is 5.97 Å². The average Bonchev–Trinajstić information content (AvgIpc) is 1.97. The molecule has 0 aromatic heterocycles. The Bertz CT molecular complexity index is 210. The number of nitrogens with one attached hydrogen (secondary N) is 1. The van der Waals surface area contributed by atoms with Crippen LogP contribution in [0.5, 0.6) is 0 Å². The molecule has 13 heavy (non-hydrogen) atoms. The van der Waals surface area contributed by atoms with Gasteiger partial charge in [-0.25, -0.2) is 0 Å². The number of rotatable bonds is 5. The maximum atomic E-state index is 9.91. The second-order valence-corrected chi connectivity index (χ2v) is 1.53. The molecule has 0 aliphatic heterocycles. The van der Waals surface area contributed by atoms with Crippen LogP contribution in [0.2, 0.25) is 0 Å². The van der Waals surface area contributed by atoms with Gasteiger partial charge in [0.15, 0.2) is 0 Å². The van der Waals surface area contributed by atoms with Crippen molar-refractivity contribution in [1.29, 1.82) is 0 Å². The van der Waals surface area contributed by atoms with Crippen molar-refractivity contribution in [2.75, 3.05) is 0 Å². The van der Waals surface area contributed by atoms with Crippen molar-refractivity contribution in [2.24, 2.45) is 0 Å². The molecule has 0 unspecified atom stereocenters. The van der Waals surface area contributed by atoms with E-state index in [0.29, 0.717) is 0 Å². The van der Waals surface area contributed by atoms with Crippen LogP contribution in [0.3, 0.4) is 0 Å². The van der Waals surface area contributed by atoms with E-state index < -0.39 is 20.7 Å². The molecule has 0 aromatic carbocycles. The van der Waals surface area contributed by atoms with E-state index in [4.69, 9.17) is 0 Å². The summed E-state index contributed by atoms with van der Waals surface area (Å²) in [5.74, 6) is -4.21. The summed E-state index contributed by atoms with van der Waals surface area (Å²) in [6, 6.07) is 0. The molecule has 0 atom stereocenters. The van der Waals surface area contributed by atoms with Crippen LogP contribution in [0.1, 0.15) is 0 Å². The smallest absolute Gasteiger partial charge is 0.764 e. The monoisotopic (exact) mass is 197 g/mol. The van der Waals surface area contributed by atoms with E-state index in [9.17, 15) is 35.6 Å². The lowest BCUT2D eigenvalue weighted by Crippen LogP contribution is -2.57. The lowest BCUT2D eigenvalue weighted by Gasteiger charge is -2.09. The Kier molecular flexibility index (Phi) is 3.11. The second-order valence-electron chi connectivity index (χ2n) is 1.53. The Morgan fingerprint density at radius 1 is 1.00 bits per heavy atom. The zero-order valence-electron chi connectivity index (χ0n) is 5.61. The molecule has 12 heteroatoms. The molecule has 0 saturated heterocycles. The fraction of sp³-hybridized carbons (Fsp3) is 1.00. The molecule has 1 N–H and O–H groups in total. The van der Waals surface area contributed by atoms with Gasteiger partial charge in [0, 0.05) is 0 Å². The highest BCUT2D eigenvalue weighted by molar-refractivity contribution is 4.35. The normalized spacial score (nSPS) is 10.8. The summed E-state index contributed by atoms with van der Waals surface area (Å²) in [6.45, 7) is 0. The minimum absolute atomic E-state index is 0.278. The maximum absolute atomic E-state index is 9.91. The third-order valence-electron chi connectivity index (χ3n) is 0.892. The van der Waals surface area contributed by atoms with E-state index >= 15 is 0 Å². The second kappa shape index (κ2) is 3.65. The molecule has 0 heterocycles. The SMILES string of the molecule is O=[N+]([O-])C(ON[O-])([N+](=O)[O-])[N+](=O)[O-]. The van der Waals surface area contributed by atoms with E-state index in [1.54, 1.807) is 0 Å². The molecule has 74 valence electrons. The average molecular weight is 197 g/mol. The largest absolute Gasteiger partial charge is 0.859 e. The predicted octanol–water partition coefficient (Wildman–Crippen LogP) is -1.55. The first-order valence-electron chi connectivity index (χ1n) is 2.38. The van der Waals surface area contributed by atoms with Gasteiger partial charge in [-0.3, -0.25) is 36.0 Å². The molecule has 0 aromatic rings. The van der Waals surface area contributed by atoms with Gasteiger partial charge in [0.25, 0.3) is 0 Å². The topological polar surface area (TPSA) is 174 Å². The van der Waals surface area contributed by atoms with E-state index in [0.717, 1.165) is 0 Å². The summed E-state index contributed by atoms with van der Waals surface area (Å²) in [5.41, 5.74) is 0.278. The molecular formula is CHN4O8-. The van der Waals surface area contributed by atoms with Crippen LogP contribution in [0, 0.1) is 35.6 Å². The van der Waals surface area contributed by atoms with Crippen LogP contribution in [-0.2, 0) is 4.84 Å². The lowest BCUT2D eigenvalue weighted by atomic mass is 10.8. The van der Waals surface area contributed by atoms with Crippen molar-refractivity contribution in [3.8, 4) is 0 Å². The van der Waals surface area contributed by atoms with Crippen molar-refractivity contribution in [3.63, 3.8) is 0 Å². The molecule has 0 amide bonds. The predicted molar refractivity (Wildman–Crippen MR) is 31.3 cm³/mol. The van der Waals surface area contributed by atoms with E-state index in [-0.39, 0.29) is 5.64 Å². The lowest BCUT2D eigenvalue weighted by molar-refractivity contribution is -1.02. The summed E-state index contributed by atoms with van der Waals surface area (Å²) in [4.78, 5) is 27.0. The van der Waals surface area contributed by atoms with Crippen molar-refractivity contribution in [3.05, 3.63) is 35.6 Å². The quantitative estimate of drug-likeness (QED) is 0.310. The molecule has 0 rings (SSSR count). The van der Waals surface area contributed by atoms with Gasteiger partial charge >= 0.3 is 5.97 Å². The molecular weight excluding hydrogens is 196 g/mol. The minimum Gasteiger partial charge on any atom is -0.764 e. The number of nitro groups is 3. The van der Waals surface area contributed by atoms with Gasteiger partial charge in [-0.2, -0.15) is 0 Å². The molecule has 0 aliphatic carbocycles. The Morgan fingerprint density at radius 2 is 1.31 bits per heavy atom. The van der Waals surface area contributed by atoms with Crippen molar-refractivity contribution in [1.82, 2.24) is 5.64 Å². The van der Waals surface area contributed by atoms with Gasteiger partial charge < -0.3 is 5.21 Å². The number of hydrogen-bond donors (Lipinski definition) is 1. The molecule has 0 radical (unpaired) electrons. The summed E-state index contributed by atoms with van der Waals surface area (Å²) >= 11 is 0. The molecule has 12 nitrogen and oxygen atoms in total. The van der Waals surface area contributed by atoms with Crippen molar-refractivity contribution < 1.29 is 19.6 Å². The third kappa shape index (κ3) is 1.63. The van der Waals surface area contributed by atoms with Crippen LogP contribution in [0.4, 0.5) is 0 Å². The van der Waals surface area contributed by atoms with Crippen LogP contribution in [0.25, 0.3) is 0 Å². The fourth-order valence-electron chi connectivity index (χ4n) is 0.368. The zero-order valence-corrected chi connectivity index (χ0v) is 5.61. The summed E-state index contributed by atoms with van der Waals surface area (Å²) in [7, 11) is 0. The Morgan fingerprint density at radius 3 is 1.38 bits per heavy atom. The van der Waals surface area contributed by atoms with Gasteiger partial charge in [0.1, 0.15) is 0 Å². The highest BCUT2D eigenvalue weighted by Crippen LogP contribution is 2.11. The number of nitrogens with zero attached hydrogens (tertiary/aromatic N) is 3. The van der Waals surface area contributed by atoms with Gasteiger partial charge in [-0.05, 0) is 0 Å². The first-order valence-corrected chi connectivity index (χ1v) is 2.38. The third-order valence-corrected chi connectivity index (χ3v) is 0.892. The fourth-order valence-corrected chi connectivity index (χ4v) is 0.368. The number of hydrogen-bond acceptors (Lipinski definition) is 9. The summed E-state index contributed by atoms with van der Waals surface area (Å²) in [6.07, 6.45) is 0. The van der Waals surface area contributed by atoms with Crippen LogP contribution >= 0.6 is 0 Å². The molecule has 0 aliphatic rings. The van der Waals surface area contributed by atoms with Gasteiger partial charge in [0.2, 0.25) is 14.8 Å². The molecule has 0 saturated carbocycles. The first-order chi connectivity index (χ1) is 5.89. The van der Waals surface area contributed by atoms with E-state index in [1.807, 2.05) is 0 Å². The van der Waals surface area contributed by atoms with E-state index in [2.05, 4.69) is 4.84 Å². The zero-order chi connectivity index (χ0) is 10.6. The Hall–Kier alpha value is -1.92. The minimum atomic E-state index is -4.21. The molecule has 0 spiro atoms. The summed E-state index contributed by atoms with van der Waals surface area (Å²) < 4.78 is 0. The van der Waals surface area contributed by atoms with Crippen LogP contribution < -0.4 is 5.64 Å². The first kappa shape index (κ1) is 11.1. The van der Waals surface area contributed by atoms with Gasteiger partial charge in [0.05, 0.1) is 0 Å². The highest BCUT2D eigenvalue weighted by atomic mass is 16.9. The standard InChI is InChI=1S/CHN4O8/c6-2-13-1(3(7)8,4(9)10)5(11)12/h2H/q-1. The van der Waals surface area contributed by atoms with Gasteiger partial charge in [-0.1, -0.05) is 0 Å². The van der Waals surface area contributed by atoms with E-state index in [1.165, 1.54) is 0 Å². The van der Waals surface area contributed by atoms with Crippen molar-refractivity contribution >= 4 is 0 Å². The van der Waals surface area contributed by atoms with Gasteiger partial charge in [-0.15, -0.1) is 4.84 Å². The maximum Gasteiger partial charge on any atom is 0.859 e. The van der Waals surface area contributed by atoms with Crippen LogP contribution in [-0.4, -0.2) is 20.7 Å².